The summed E-state index contributed by atoms with van der Waals surface area (Å²) in [5.74, 6) is -0.150. The van der Waals surface area contributed by atoms with Crippen molar-refractivity contribution in [2.75, 3.05) is 33.2 Å². The van der Waals surface area contributed by atoms with Crippen LogP contribution in [-0.2, 0) is 10.0 Å². The number of hydrogen-bond acceptors (Lipinski definition) is 4. The normalized spacial score (nSPS) is 18.6. The molecule has 6 nitrogen and oxygen atoms in total. The van der Waals surface area contributed by atoms with Crippen LogP contribution in [0.4, 0.5) is 0 Å². The second-order valence-electron chi connectivity index (χ2n) is 6.65. The van der Waals surface area contributed by atoms with E-state index in [1.807, 2.05) is 20.9 Å². The van der Waals surface area contributed by atoms with Crippen LogP contribution in [0.15, 0.2) is 29.2 Å². The van der Waals surface area contributed by atoms with Gasteiger partial charge in [-0.05, 0) is 57.1 Å². The van der Waals surface area contributed by atoms with Crippen molar-refractivity contribution in [1.29, 1.82) is 0 Å². The standard InChI is InChI=1S/C18H29N3O3S/c1-4-11-21(12-5-2)25(23,24)17-8-6-15(7-9-17)18(22)19-16-10-13-20(3)14-16/h6-9,16H,4-5,10-14H2,1-3H3,(H,19,22)/t16-/m1/s1. The summed E-state index contributed by atoms with van der Waals surface area (Å²) in [5.41, 5.74) is 0.492. The smallest absolute Gasteiger partial charge is 0.251 e. The molecule has 1 saturated heterocycles. The van der Waals surface area contributed by atoms with Crippen molar-refractivity contribution in [2.45, 2.75) is 44.0 Å². The molecule has 140 valence electrons. The Morgan fingerprint density at radius 1 is 1.20 bits per heavy atom. The summed E-state index contributed by atoms with van der Waals surface area (Å²) < 4.78 is 27.0. The van der Waals surface area contributed by atoms with Gasteiger partial charge in [0.05, 0.1) is 4.90 Å². The second-order valence-corrected chi connectivity index (χ2v) is 8.59. The Morgan fingerprint density at radius 2 is 1.80 bits per heavy atom. The zero-order valence-electron chi connectivity index (χ0n) is 15.4. The molecular formula is C18H29N3O3S. The van der Waals surface area contributed by atoms with E-state index >= 15 is 0 Å². The van der Waals surface area contributed by atoms with E-state index in [1.54, 1.807) is 12.1 Å². The van der Waals surface area contributed by atoms with Crippen molar-refractivity contribution in [3.8, 4) is 0 Å². The van der Waals surface area contributed by atoms with Gasteiger partial charge < -0.3 is 10.2 Å². The van der Waals surface area contributed by atoms with E-state index in [9.17, 15) is 13.2 Å². The van der Waals surface area contributed by atoms with Crippen LogP contribution in [0.5, 0.6) is 0 Å². The van der Waals surface area contributed by atoms with Crippen LogP contribution in [0.25, 0.3) is 0 Å². The van der Waals surface area contributed by atoms with Gasteiger partial charge in [0.25, 0.3) is 5.91 Å². The van der Waals surface area contributed by atoms with Gasteiger partial charge in [-0.2, -0.15) is 4.31 Å². The Labute approximate surface area is 151 Å². The van der Waals surface area contributed by atoms with Crippen molar-refractivity contribution in [2.24, 2.45) is 0 Å². The molecule has 1 fully saturated rings. The first-order chi connectivity index (χ1) is 11.9. The third-order valence-electron chi connectivity index (χ3n) is 4.43. The van der Waals surface area contributed by atoms with Crippen LogP contribution in [0.1, 0.15) is 43.5 Å². The van der Waals surface area contributed by atoms with Crippen LogP contribution in [0.3, 0.4) is 0 Å². The topological polar surface area (TPSA) is 69.7 Å². The fraction of sp³-hybridized carbons (Fsp3) is 0.611. The Kier molecular flexibility index (Phi) is 6.98. The van der Waals surface area contributed by atoms with E-state index in [-0.39, 0.29) is 16.8 Å². The zero-order valence-corrected chi connectivity index (χ0v) is 16.2. The molecule has 7 heteroatoms. The summed E-state index contributed by atoms with van der Waals surface area (Å²) in [5, 5.41) is 3.01. The molecule has 0 bridgehead atoms. The molecule has 1 atom stereocenters. The van der Waals surface area contributed by atoms with Crippen LogP contribution in [0, 0.1) is 0 Å². The molecule has 1 aliphatic rings. The minimum atomic E-state index is -3.50. The van der Waals surface area contributed by atoms with Crippen molar-refractivity contribution < 1.29 is 13.2 Å². The largest absolute Gasteiger partial charge is 0.348 e. The molecule has 0 spiro atoms. The van der Waals surface area contributed by atoms with Crippen LogP contribution < -0.4 is 5.32 Å². The number of amides is 1. The SMILES string of the molecule is CCCN(CCC)S(=O)(=O)c1ccc(C(=O)N[C@@H]2CCN(C)C2)cc1. The minimum Gasteiger partial charge on any atom is -0.348 e. The Balaban J connectivity index is 2.08. The third kappa shape index (κ3) is 5.03. The molecule has 0 radical (unpaired) electrons. The molecule has 1 aromatic rings. The van der Waals surface area contributed by atoms with Crippen molar-refractivity contribution in [3.63, 3.8) is 0 Å². The number of nitrogens with one attached hydrogen (secondary N) is 1. The summed E-state index contributed by atoms with van der Waals surface area (Å²) >= 11 is 0. The highest BCUT2D eigenvalue weighted by Gasteiger charge is 2.24. The molecule has 2 rings (SSSR count). The first kappa shape index (κ1) is 19.9. The number of carbonyl (C=O) groups excluding carboxylic acids is 1. The number of likely N-dealkylation sites (N-methyl/N-ethyl adjacent to an activating group) is 1. The molecular weight excluding hydrogens is 338 g/mol. The van der Waals surface area contributed by atoms with Gasteiger partial charge >= 0.3 is 0 Å². The Morgan fingerprint density at radius 3 is 2.28 bits per heavy atom. The van der Waals surface area contributed by atoms with Gasteiger partial charge in [-0.25, -0.2) is 8.42 Å². The summed E-state index contributed by atoms with van der Waals surface area (Å²) in [6, 6.07) is 6.41. The molecule has 1 N–H and O–H groups in total. The van der Waals surface area contributed by atoms with Crippen molar-refractivity contribution in [1.82, 2.24) is 14.5 Å². The minimum absolute atomic E-state index is 0.150. The van der Waals surface area contributed by atoms with E-state index in [2.05, 4.69) is 10.2 Å². The lowest BCUT2D eigenvalue weighted by Crippen LogP contribution is -2.36. The van der Waals surface area contributed by atoms with Gasteiger partial charge in [-0.15, -0.1) is 0 Å². The number of likely N-dealkylation sites (tertiary alicyclic amines) is 1. The Bertz CT molecular complexity index is 667. The average molecular weight is 368 g/mol. The van der Waals surface area contributed by atoms with Gasteiger partial charge in [-0.1, -0.05) is 13.8 Å². The van der Waals surface area contributed by atoms with Crippen molar-refractivity contribution in [3.05, 3.63) is 29.8 Å². The number of rotatable bonds is 8. The first-order valence-corrected chi connectivity index (χ1v) is 10.4. The molecule has 0 aliphatic carbocycles. The molecule has 1 aliphatic heterocycles. The molecule has 0 aromatic heterocycles. The van der Waals surface area contributed by atoms with Crippen LogP contribution in [-0.4, -0.2) is 62.8 Å². The molecule has 0 saturated carbocycles. The number of benzene rings is 1. The zero-order chi connectivity index (χ0) is 18.4. The molecule has 1 heterocycles. The third-order valence-corrected chi connectivity index (χ3v) is 6.34. The number of nitrogens with zero attached hydrogens (tertiary/aromatic N) is 2. The van der Waals surface area contributed by atoms with Gasteiger partial charge in [0.15, 0.2) is 0 Å². The maximum Gasteiger partial charge on any atom is 0.251 e. The highest BCUT2D eigenvalue weighted by molar-refractivity contribution is 7.89. The van der Waals surface area contributed by atoms with Crippen LogP contribution in [0.2, 0.25) is 0 Å². The van der Waals surface area contributed by atoms with E-state index in [1.165, 1.54) is 16.4 Å². The summed E-state index contributed by atoms with van der Waals surface area (Å²) in [7, 11) is -1.47. The van der Waals surface area contributed by atoms with Gasteiger partial charge in [0.1, 0.15) is 0 Å². The number of sulfonamides is 1. The maximum absolute atomic E-state index is 12.7. The fourth-order valence-electron chi connectivity index (χ4n) is 3.10. The molecule has 1 aromatic carbocycles. The molecule has 25 heavy (non-hydrogen) atoms. The Hall–Kier alpha value is -1.44. The monoisotopic (exact) mass is 367 g/mol. The van der Waals surface area contributed by atoms with Gasteiger partial charge in [0, 0.05) is 31.2 Å². The predicted octanol–water partition coefficient (Wildman–Crippen LogP) is 1.93. The molecule has 0 unspecified atom stereocenters. The van der Waals surface area contributed by atoms with Crippen LogP contribution >= 0.6 is 0 Å². The highest BCUT2D eigenvalue weighted by Crippen LogP contribution is 2.18. The van der Waals surface area contributed by atoms with E-state index in [0.29, 0.717) is 18.7 Å². The summed E-state index contributed by atoms with van der Waals surface area (Å²) in [4.78, 5) is 14.7. The molecule has 1 amide bonds. The van der Waals surface area contributed by atoms with Gasteiger partial charge in [0.2, 0.25) is 10.0 Å². The lowest BCUT2D eigenvalue weighted by molar-refractivity contribution is 0.0938. The first-order valence-electron chi connectivity index (χ1n) is 8.98. The lowest BCUT2D eigenvalue weighted by atomic mass is 10.2. The lowest BCUT2D eigenvalue weighted by Gasteiger charge is -2.21. The van der Waals surface area contributed by atoms with E-state index in [0.717, 1.165) is 32.4 Å². The highest BCUT2D eigenvalue weighted by atomic mass is 32.2. The number of carbonyl (C=O) groups is 1. The quantitative estimate of drug-likeness (QED) is 0.762. The van der Waals surface area contributed by atoms with Crippen molar-refractivity contribution >= 4 is 15.9 Å². The average Bonchev–Trinajstić information content (AvgIpc) is 2.99. The van der Waals surface area contributed by atoms with Gasteiger partial charge in [-0.3, -0.25) is 4.79 Å². The summed E-state index contributed by atoms with van der Waals surface area (Å²) in [6.45, 7) is 6.77. The number of hydrogen-bond donors (Lipinski definition) is 1. The van der Waals surface area contributed by atoms with E-state index in [4.69, 9.17) is 0 Å². The second kappa shape index (κ2) is 8.78. The summed E-state index contributed by atoms with van der Waals surface area (Å²) in [6.07, 6.45) is 2.49. The van der Waals surface area contributed by atoms with E-state index < -0.39 is 10.0 Å². The maximum atomic E-state index is 12.7. The fourth-order valence-corrected chi connectivity index (χ4v) is 4.72. The predicted molar refractivity (Wildman–Crippen MR) is 99.2 cm³/mol.